The third-order valence-electron chi connectivity index (χ3n) is 2.87. The molecule has 0 atom stereocenters. The Hall–Kier alpha value is -2.52. The molecule has 0 aliphatic carbocycles. The highest BCUT2D eigenvalue weighted by Crippen LogP contribution is 2.26. The number of nitrogens with one attached hydrogen (secondary N) is 3. The van der Waals surface area contributed by atoms with Crippen molar-refractivity contribution < 1.29 is 4.79 Å². The van der Waals surface area contributed by atoms with Crippen LogP contribution in [-0.4, -0.2) is 20.9 Å². The van der Waals surface area contributed by atoms with Crippen molar-refractivity contribution in [2.24, 2.45) is 0 Å². The van der Waals surface area contributed by atoms with Crippen LogP contribution in [0.4, 0.5) is 5.13 Å². The van der Waals surface area contributed by atoms with Crippen LogP contribution in [-0.2, 0) is 0 Å². The van der Waals surface area contributed by atoms with Gasteiger partial charge in [-0.3, -0.25) is 19.9 Å². The van der Waals surface area contributed by atoms with Crippen molar-refractivity contribution in [1.29, 1.82) is 0 Å². The van der Waals surface area contributed by atoms with Gasteiger partial charge in [-0.1, -0.05) is 28.1 Å². The monoisotopic (exact) mass is 392 g/mol. The van der Waals surface area contributed by atoms with E-state index in [9.17, 15) is 14.4 Å². The summed E-state index contributed by atoms with van der Waals surface area (Å²) in [4.78, 5) is 43.0. The Morgan fingerprint density at radius 3 is 2.61 bits per heavy atom. The highest BCUT2D eigenvalue weighted by molar-refractivity contribution is 9.10. The molecule has 9 heteroatoms. The highest BCUT2D eigenvalue weighted by Gasteiger charge is 2.11. The van der Waals surface area contributed by atoms with Crippen molar-refractivity contribution in [2.75, 3.05) is 5.32 Å². The number of nitrogens with zero attached hydrogens (tertiary/aromatic N) is 1. The molecule has 1 aromatic carbocycles. The molecule has 3 aromatic rings. The third kappa shape index (κ3) is 3.63. The smallest absolute Gasteiger partial charge is 0.303 e. The van der Waals surface area contributed by atoms with Crippen LogP contribution in [0.1, 0.15) is 10.5 Å². The van der Waals surface area contributed by atoms with Crippen LogP contribution < -0.4 is 16.6 Å². The largest absolute Gasteiger partial charge is 0.326 e. The van der Waals surface area contributed by atoms with Gasteiger partial charge in [0.25, 0.3) is 11.5 Å². The van der Waals surface area contributed by atoms with E-state index in [0.29, 0.717) is 5.13 Å². The number of thiazole rings is 1. The number of halogens is 1. The second-order valence-electron chi connectivity index (χ2n) is 4.50. The number of aromatic nitrogens is 3. The van der Waals surface area contributed by atoms with E-state index >= 15 is 0 Å². The Kier molecular flexibility index (Phi) is 4.22. The first-order valence-electron chi connectivity index (χ1n) is 6.38. The first-order chi connectivity index (χ1) is 11.0. The van der Waals surface area contributed by atoms with Gasteiger partial charge in [0.1, 0.15) is 5.69 Å². The molecular formula is C14H9BrN4O3S. The second kappa shape index (κ2) is 6.31. The number of H-pyrrole nitrogens is 2. The summed E-state index contributed by atoms with van der Waals surface area (Å²) in [7, 11) is 0. The van der Waals surface area contributed by atoms with Crippen molar-refractivity contribution in [3.63, 3.8) is 0 Å². The van der Waals surface area contributed by atoms with E-state index in [1.807, 2.05) is 29.2 Å². The third-order valence-corrected chi connectivity index (χ3v) is 4.16. The average molecular weight is 393 g/mol. The minimum absolute atomic E-state index is 0.126. The molecule has 2 aromatic heterocycles. The van der Waals surface area contributed by atoms with Crippen molar-refractivity contribution in [1.82, 2.24) is 15.0 Å². The van der Waals surface area contributed by atoms with Gasteiger partial charge in [0.15, 0.2) is 5.13 Å². The molecule has 3 rings (SSSR count). The zero-order valence-corrected chi connectivity index (χ0v) is 13.8. The molecule has 0 saturated carbocycles. The lowest BCUT2D eigenvalue weighted by atomic mass is 10.2. The molecule has 0 aliphatic rings. The Bertz CT molecular complexity index is 946. The molecule has 7 nitrogen and oxygen atoms in total. The van der Waals surface area contributed by atoms with Gasteiger partial charge in [0, 0.05) is 21.5 Å². The minimum Gasteiger partial charge on any atom is -0.303 e. The number of carbonyl (C=O) groups is 1. The highest BCUT2D eigenvalue weighted by atomic mass is 79.9. The Balaban J connectivity index is 1.81. The lowest BCUT2D eigenvalue weighted by Gasteiger charge is -2.00. The first kappa shape index (κ1) is 15.4. The summed E-state index contributed by atoms with van der Waals surface area (Å²) >= 11 is 4.61. The number of hydrogen-bond donors (Lipinski definition) is 3. The van der Waals surface area contributed by atoms with Gasteiger partial charge in [-0.15, -0.1) is 11.3 Å². The van der Waals surface area contributed by atoms with Crippen LogP contribution in [0.25, 0.3) is 11.3 Å². The van der Waals surface area contributed by atoms with E-state index in [2.05, 4.69) is 31.2 Å². The number of amides is 1. The number of anilines is 1. The van der Waals surface area contributed by atoms with Crippen LogP contribution in [0.5, 0.6) is 0 Å². The predicted molar refractivity (Wildman–Crippen MR) is 90.9 cm³/mol. The van der Waals surface area contributed by atoms with Crippen LogP contribution in [0, 0.1) is 0 Å². The van der Waals surface area contributed by atoms with E-state index < -0.39 is 17.2 Å². The quantitative estimate of drug-likeness (QED) is 0.634. The van der Waals surface area contributed by atoms with Crippen molar-refractivity contribution in [3.05, 3.63) is 66.7 Å². The van der Waals surface area contributed by atoms with E-state index in [1.165, 1.54) is 11.3 Å². The molecular weight excluding hydrogens is 384 g/mol. The van der Waals surface area contributed by atoms with Gasteiger partial charge < -0.3 is 4.98 Å². The van der Waals surface area contributed by atoms with Gasteiger partial charge in [-0.2, -0.15) is 0 Å². The van der Waals surface area contributed by atoms with Gasteiger partial charge >= 0.3 is 5.69 Å². The predicted octanol–water partition coefficient (Wildman–Crippen LogP) is 2.20. The number of carbonyl (C=O) groups excluding carboxylic acids is 1. The molecule has 1 amide bonds. The van der Waals surface area contributed by atoms with Crippen LogP contribution in [0.2, 0.25) is 0 Å². The maximum absolute atomic E-state index is 12.0. The second-order valence-corrected chi connectivity index (χ2v) is 6.27. The Morgan fingerprint density at radius 2 is 1.91 bits per heavy atom. The molecule has 23 heavy (non-hydrogen) atoms. The zero-order chi connectivity index (χ0) is 16.4. The Morgan fingerprint density at radius 1 is 1.17 bits per heavy atom. The standard InChI is InChI=1S/C14H9BrN4O3S/c15-8-3-1-7(2-4-8)10-6-23-14(17-10)19-12(21)9-5-11(20)18-13(22)16-9/h1-6H,(H,17,19,21)(H2,16,18,20,22). The molecule has 0 fully saturated rings. The van der Waals surface area contributed by atoms with E-state index in [-0.39, 0.29) is 5.69 Å². The first-order valence-corrected chi connectivity index (χ1v) is 8.05. The van der Waals surface area contributed by atoms with Crippen LogP contribution in [0.15, 0.2) is 49.8 Å². The molecule has 0 saturated heterocycles. The fraction of sp³-hybridized carbons (Fsp3) is 0. The average Bonchev–Trinajstić information content (AvgIpc) is 2.95. The summed E-state index contributed by atoms with van der Waals surface area (Å²) in [5.74, 6) is -0.607. The maximum atomic E-state index is 12.0. The topological polar surface area (TPSA) is 108 Å². The van der Waals surface area contributed by atoms with Crippen LogP contribution >= 0.6 is 27.3 Å². The minimum atomic E-state index is -0.739. The maximum Gasteiger partial charge on any atom is 0.326 e. The fourth-order valence-electron chi connectivity index (χ4n) is 1.84. The van der Waals surface area contributed by atoms with Gasteiger partial charge in [-0.05, 0) is 12.1 Å². The van der Waals surface area contributed by atoms with Gasteiger partial charge in [-0.25, -0.2) is 9.78 Å². The molecule has 2 heterocycles. The van der Waals surface area contributed by atoms with Crippen molar-refractivity contribution in [3.8, 4) is 11.3 Å². The summed E-state index contributed by atoms with van der Waals surface area (Å²) in [6, 6.07) is 8.61. The lowest BCUT2D eigenvalue weighted by Crippen LogP contribution is -2.27. The lowest BCUT2D eigenvalue weighted by molar-refractivity contribution is 0.102. The number of rotatable bonds is 3. The zero-order valence-electron chi connectivity index (χ0n) is 11.4. The van der Waals surface area contributed by atoms with Gasteiger partial charge in [0.2, 0.25) is 0 Å². The summed E-state index contributed by atoms with van der Waals surface area (Å²) in [6.07, 6.45) is 0. The molecule has 0 bridgehead atoms. The van der Waals surface area contributed by atoms with Gasteiger partial charge in [0.05, 0.1) is 5.69 Å². The Labute approximate surface area is 141 Å². The van der Waals surface area contributed by atoms with Crippen molar-refractivity contribution >= 4 is 38.3 Å². The van der Waals surface area contributed by atoms with Crippen LogP contribution in [0.3, 0.4) is 0 Å². The SMILES string of the molecule is O=C(Nc1nc(-c2ccc(Br)cc2)cs1)c1cc(=O)[nH]c(=O)[nH]1. The summed E-state index contributed by atoms with van der Waals surface area (Å²) in [5, 5.41) is 4.72. The van der Waals surface area contributed by atoms with E-state index in [1.54, 1.807) is 5.38 Å². The van der Waals surface area contributed by atoms with E-state index in [4.69, 9.17) is 0 Å². The normalized spacial score (nSPS) is 10.5. The number of benzene rings is 1. The summed E-state index contributed by atoms with van der Waals surface area (Å²) in [5.41, 5.74) is 0.122. The molecule has 3 N–H and O–H groups in total. The fourth-order valence-corrected chi connectivity index (χ4v) is 2.82. The molecule has 0 unspecified atom stereocenters. The van der Waals surface area contributed by atoms with E-state index in [0.717, 1.165) is 21.8 Å². The number of hydrogen-bond acceptors (Lipinski definition) is 5. The molecule has 0 spiro atoms. The molecule has 0 radical (unpaired) electrons. The number of aromatic amines is 2. The van der Waals surface area contributed by atoms with Crippen molar-refractivity contribution in [2.45, 2.75) is 0 Å². The summed E-state index contributed by atoms with van der Waals surface area (Å²) < 4.78 is 0.961. The summed E-state index contributed by atoms with van der Waals surface area (Å²) in [6.45, 7) is 0. The molecule has 0 aliphatic heterocycles. The molecule has 116 valence electrons.